The van der Waals surface area contributed by atoms with Crippen LogP contribution in [-0.4, -0.2) is 31.5 Å². The number of methoxy groups -OCH3 is 1. The highest BCUT2D eigenvalue weighted by molar-refractivity contribution is 6.62. The molecule has 1 aromatic carbocycles. The van der Waals surface area contributed by atoms with Crippen molar-refractivity contribution in [3.8, 4) is 0 Å². The Kier molecular flexibility index (Phi) is 3.24. The lowest BCUT2D eigenvalue weighted by molar-refractivity contribution is 0.00578. The highest BCUT2D eigenvalue weighted by Crippen LogP contribution is 2.36. The highest BCUT2D eigenvalue weighted by atomic mass is 16.7. The summed E-state index contributed by atoms with van der Waals surface area (Å²) in [5, 5.41) is 0. The standard InChI is InChI=1S/C16H23BO3/c1-15(2)16(3,4)20-17(19-15)13-7-6-11-9-14(18-5)10-12(11)8-13/h6-8,14H,9-10H2,1-5H3/t14-/m0/s1. The maximum absolute atomic E-state index is 6.11. The summed E-state index contributed by atoms with van der Waals surface area (Å²) in [5.74, 6) is 0. The van der Waals surface area contributed by atoms with Gasteiger partial charge in [-0.05, 0) is 57.1 Å². The minimum atomic E-state index is -0.286. The number of fused-ring (bicyclic) bond motifs is 1. The molecule has 0 bridgehead atoms. The minimum Gasteiger partial charge on any atom is -0.399 e. The normalized spacial score (nSPS) is 26.9. The van der Waals surface area contributed by atoms with Crippen LogP contribution in [0.5, 0.6) is 0 Å². The van der Waals surface area contributed by atoms with Crippen molar-refractivity contribution in [1.82, 2.24) is 0 Å². The number of benzene rings is 1. The summed E-state index contributed by atoms with van der Waals surface area (Å²) in [6, 6.07) is 6.53. The summed E-state index contributed by atoms with van der Waals surface area (Å²) in [7, 11) is 1.51. The van der Waals surface area contributed by atoms with Gasteiger partial charge in [0, 0.05) is 7.11 Å². The Hall–Kier alpha value is -0.835. The Morgan fingerprint density at radius 3 is 2.25 bits per heavy atom. The van der Waals surface area contributed by atoms with Crippen LogP contribution in [0.2, 0.25) is 0 Å². The monoisotopic (exact) mass is 274 g/mol. The fourth-order valence-electron chi connectivity index (χ4n) is 2.89. The molecule has 0 spiro atoms. The topological polar surface area (TPSA) is 27.7 Å². The van der Waals surface area contributed by atoms with Gasteiger partial charge in [0.2, 0.25) is 0 Å². The lowest BCUT2D eigenvalue weighted by Crippen LogP contribution is -2.41. The van der Waals surface area contributed by atoms with Gasteiger partial charge in [0.05, 0.1) is 17.3 Å². The van der Waals surface area contributed by atoms with Gasteiger partial charge in [-0.25, -0.2) is 0 Å². The van der Waals surface area contributed by atoms with Crippen molar-refractivity contribution in [3.05, 3.63) is 29.3 Å². The number of rotatable bonds is 2. The average molecular weight is 274 g/mol. The molecule has 1 aliphatic heterocycles. The van der Waals surface area contributed by atoms with E-state index in [1.165, 1.54) is 11.1 Å². The van der Waals surface area contributed by atoms with E-state index in [4.69, 9.17) is 14.0 Å². The van der Waals surface area contributed by atoms with Crippen LogP contribution in [0.4, 0.5) is 0 Å². The Morgan fingerprint density at radius 1 is 1.05 bits per heavy atom. The Bertz CT molecular complexity index is 508. The molecule has 1 aromatic rings. The first-order chi connectivity index (χ1) is 9.32. The first-order valence-corrected chi connectivity index (χ1v) is 7.32. The molecule has 0 amide bonds. The van der Waals surface area contributed by atoms with Crippen molar-refractivity contribution in [2.75, 3.05) is 7.11 Å². The molecule has 1 fully saturated rings. The first-order valence-electron chi connectivity index (χ1n) is 7.32. The second-order valence-electron chi connectivity index (χ2n) is 6.88. The molecule has 20 heavy (non-hydrogen) atoms. The van der Waals surface area contributed by atoms with E-state index in [0.29, 0.717) is 6.10 Å². The Labute approximate surface area is 121 Å². The molecule has 0 N–H and O–H groups in total. The van der Waals surface area contributed by atoms with E-state index in [0.717, 1.165) is 18.3 Å². The molecule has 1 saturated heterocycles. The number of hydrogen-bond acceptors (Lipinski definition) is 3. The molecular weight excluding hydrogens is 251 g/mol. The predicted molar refractivity (Wildman–Crippen MR) is 80.4 cm³/mol. The summed E-state index contributed by atoms with van der Waals surface area (Å²) < 4.78 is 17.7. The van der Waals surface area contributed by atoms with Gasteiger partial charge in [-0.1, -0.05) is 18.2 Å². The third kappa shape index (κ3) is 2.20. The Morgan fingerprint density at radius 2 is 1.65 bits per heavy atom. The molecule has 1 atom stereocenters. The lowest BCUT2D eigenvalue weighted by atomic mass is 9.78. The van der Waals surface area contributed by atoms with Crippen molar-refractivity contribution >= 4 is 12.6 Å². The minimum absolute atomic E-state index is 0.271. The van der Waals surface area contributed by atoms with Crippen molar-refractivity contribution in [2.24, 2.45) is 0 Å². The van der Waals surface area contributed by atoms with Gasteiger partial charge >= 0.3 is 7.12 Å². The van der Waals surface area contributed by atoms with E-state index < -0.39 is 0 Å². The SMILES string of the molecule is CO[C@H]1Cc2ccc(B3OC(C)(C)C(C)(C)O3)cc2C1. The van der Waals surface area contributed by atoms with Crippen LogP contribution in [0.3, 0.4) is 0 Å². The van der Waals surface area contributed by atoms with Crippen LogP contribution in [0.15, 0.2) is 18.2 Å². The molecule has 1 aliphatic carbocycles. The second kappa shape index (κ2) is 4.59. The molecule has 0 radical (unpaired) electrons. The van der Waals surface area contributed by atoms with Gasteiger partial charge in [-0.3, -0.25) is 0 Å². The maximum atomic E-state index is 6.11. The first kappa shape index (κ1) is 14.1. The van der Waals surface area contributed by atoms with Crippen LogP contribution in [0.1, 0.15) is 38.8 Å². The molecular formula is C16H23BO3. The van der Waals surface area contributed by atoms with Crippen LogP contribution >= 0.6 is 0 Å². The molecule has 2 aliphatic rings. The zero-order valence-electron chi connectivity index (χ0n) is 13.0. The van der Waals surface area contributed by atoms with Gasteiger partial charge < -0.3 is 14.0 Å². The molecule has 4 heteroatoms. The lowest BCUT2D eigenvalue weighted by Gasteiger charge is -2.32. The number of ether oxygens (including phenoxy) is 1. The molecule has 108 valence electrons. The van der Waals surface area contributed by atoms with E-state index in [-0.39, 0.29) is 18.3 Å². The van der Waals surface area contributed by atoms with Gasteiger partial charge in [0.15, 0.2) is 0 Å². The fraction of sp³-hybridized carbons (Fsp3) is 0.625. The second-order valence-corrected chi connectivity index (χ2v) is 6.88. The summed E-state index contributed by atoms with van der Waals surface area (Å²) >= 11 is 0. The van der Waals surface area contributed by atoms with Gasteiger partial charge in [0.1, 0.15) is 0 Å². The molecule has 0 unspecified atom stereocenters. The largest absolute Gasteiger partial charge is 0.494 e. The van der Waals surface area contributed by atoms with Crippen LogP contribution in [0.25, 0.3) is 0 Å². The zero-order valence-corrected chi connectivity index (χ0v) is 13.0. The summed E-state index contributed by atoms with van der Waals surface area (Å²) in [5.41, 5.74) is 3.29. The quantitative estimate of drug-likeness (QED) is 0.773. The van der Waals surface area contributed by atoms with Crippen molar-refractivity contribution in [1.29, 1.82) is 0 Å². The zero-order chi connectivity index (χ0) is 14.5. The Balaban J connectivity index is 1.84. The molecule has 3 nitrogen and oxygen atoms in total. The predicted octanol–water partition coefficient (Wildman–Crippen LogP) is 2.10. The van der Waals surface area contributed by atoms with Gasteiger partial charge in [-0.15, -0.1) is 0 Å². The van der Waals surface area contributed by atoms with Crippen molar-refractivity contribution < 1.29 is 14.0 Å². The molecule has 0 saturated carbocycles. The average Bonchev–Trinajstić information content (AvgIpc) is 2.87. The third-order valence-corrected chi connectivity index (χ3v) is 4.98. The summed E-state index contributed by atoms with van der Waals surface area (Å²) in [4.78, 5) is 0. The molecule has 1 heterocycles. The number of hydrogen-bond donors (Lipinski definition) is 0. The molecule has 0 aromatic heterocycles. The highest BCUT2D eigenvalue weighted by Gasteiger charge is 2.51. The van der Waals surface area contributed by atoms with Crippen molar-refractivity contribution in [2.45, 2.75) is 57.8 Å². The summed E-state index contributed by atoms with van der Waals surface area (Å²) in [6.45, 7) is 8.34. The fourth-order valence-corrected chi connectivity index (χ4v) is 2.89. The molecule has 3 rings (SSSR count). The smallest absolute Gasteiger partial charge is 0.399 e. The van der Waals surface area contributed by atoms with Crippen LogP contribution in [-0.2, 0) is 26.9 Å². The van der Waals surface area contributed by atoms with Gasteiger partial charge in [0.25, 0.3) is 0 Å². The maximum Gasteiger partial charge on any atom is 0.494 e. The summed E-state index contributed by atoms with van der Waals surface area (Å²) in [6.07, 6.45) is 2.31. The van der Waals surface area contributed by atoms with E-state index in [1.807, 2.05) is 0 Å². The van der Waals surface area contributed by atoms with E-state index in [9.17, 15) is 0 Å². The van der Waals surface area contributed by atoms with Crippen molar-refractivity contribution in [3.63, 3.8) is 0 Å². The van der Waals surface area contributed by atoms with Gasteiger partial charge in [-0.2, -0.15) is 0 Å². The van der Waals surface area contributed by atoms with E-state index in [1.54, 1.807) is 7.11 Å². The third-order valence-electron chi connectivity index (χ3n) is 4.98. The van der Waals surface area contributed by atoms with Crippen LogP contribution in [0, 0.1) is 0 Å². The van der Waals surface area contributed by atoms with E-state index in [2.05, 4.69) is 45.9 Å². The van der Waals surface area contributed by atoms with Crippen LogP contribution < -0.4 is 5.46 Å². The van der Waals surface area contributed by atoms with E-state index >= 15 is 0 Å².